The van der Waals surface area contributed by atoms with Crippen LogP contribution in [-0.2, 0) is 0 Å². The topological polar surface area (TPSA) is 73.0 Å². The van der Waals surface area contributed by atoms with Gasteiger partial charge < -0.3 is 20.0 Å². The van der Waals surface area contributed by atoms with E-state index >= 15 is 0 Å². The second-order valence-electron chi connectivity index (χ2n) is 8.78. The maximum atomic E-state index is 13.7. The number of anilines is 2. The summed E-state index contributed by atoms with van der Waals surface area (Å²) in [5, 5.41) is 4.74. The van der Waals surface area contributed by atoms with Gasteiger partial charge in [-0.05, 0) is 68.1 Å². The van der Waals surface area contributed by atoms with E-state index in [1.54, 1.807) is 34.1 Å². The standard InChI is InChI=1S/C28H31FN4O3S/c1-3-31(4-2)28(36)23-19-22(30-26(34)25-10-6-17-37-25)11-12-24(23)32-13-7-14-33(16-15-32)27(35)20-8-5-9-21(29)18-20/h5-6,8-12,17-19H,3-4,7,13-16H2,1-2H3,(H,30,34). The van der Waals surface area contributed by atoms with Crippen LogP contribution in [0.3, 0.4) is 0 Å². The molecule has 4 rings (SSSR count). The Morgan fingerprint density at radius 1 is 0.973 bits per heavy atom. The second kappa shape index (κ2) is 12.0. The quantitative estimate of drug-likeness (QED) is 0.475. The Morgan fingerprint density at radius 2 is 1.78 bits per heavy atom. The van der Waals surface area contributed by atoms with Gasteiger partial charge in [0.25, 0.3) is 17.7 Å². The van der Waals surface area contributed by atoms with Crippen LogP contribution in [0, 0.1) is 5.82 Å². The molecule has 1 saturated heterocycles. The minimum Gasteiger partial charge on any atom is -0.369 e. The van der Waals surface area contributed by atoms with Crippen LogP contribution in [-0.4, -0.2) is 66.8 Å². The highest BCUT2D eigenvalue weighted by Crippen LogP contribution is 2.28. The van der Waals surface area contributed by atoms with Crippen LogP contribution in [0.5, 0.6) is 0 Å². The molecule has 1 aliphatic heterocycles. The van der Waals surface area contributed by atoms with Crippen molar-refractivity contribution in [3.05, 3.63) is 81.8 Å². The van der Waals surface area contributed by atoms with Crippen LogP contribution < -0.4 is 10.2 Å². The third-order valence-corrected chi connectivity index (χ3v) is 7.34. The van der Waals surface area contributed by atoms with E-state index in [1.807, 2.05) is 31.4 Å². The summed E-state index contributed by atoms with van der Waals surface area (Å²) < 4.78 is 13.7. The third-order valence-electron chi connectivity index (χ3n) is 6.48. The molecule has 2 heterocycles. The van der Waals surface area contributed by atoms with E-state index < -0.39 is 5.82 Å². The van der Waals surface area contributed by atoms with E-state index in [-0.39, 0.29) is 17.7 Å². The van der Waals surface area contributed by atoms with Crippen LogP contribution in [0.2, 0.25) is 0 Å². The molecule has 194 valence electrons. The van der Waals surface area contributed by atoms with E-state index in [1.165, 1.54) is 29.5 Å². The summed E-state index contributed by atoms with van der Waals surface area (Å²) in [4.78, 5) is 45.3. The largest absolute Gasteiger partial charge is 0.369 e. The minimum absolute atomic E-state index is 0.107. The van der Waals surface area contributed by atoms with Gasteiger partial charge in [-0.25, -0.2) is 4.39 Å². The fourth-order valence-electron chi connectivity index (χ4n) is 4.51. The summed E-state index contributed by atoms with van der Waals surface area (Å²) >= 11 is 1.35. The number of thiophene rings is 1. The van der Waals surface area contributed by atoms with Crippen LogP contribution in [0.25, 0.3) is 0 Å². The van der Waals surface area contributed by atoms with Gasteiger partial charge in [-0.3, -0.25) is 14.4 Å². The van der Waals surface area contributed by atoms with E-state index in [0.717, 1.165) is 5.69 Å². The van der Waals surface area contributed by atoms with Crippen molar-refractivity contribution >= 4 is 40.4 Å². The molecular formula is C28H31FN4O3S. The monoisotopic (exact) mass is 522 g/mol. The molecule has 0 atom stereocenters. The zero-order valence-electron chi connectivity index (χ0n) is 21.1. The normalized spacial score (nSPS) is 13.7. The lowest BCUT2D eigenvalue weighted by molar-refractivity contribution is 0.0760. The maximum Gasteiger partial charge on any atom is 0.265 e. The average Bonchev–Trinajstić information content (AvgIpc) is 3.34. The predicted octanol–water partition coefficient (Wildman–Crippen LogP) is 4.97. The van der Waals surface area contributed by atoms with Crippen LogP contribution in [0.1, 0.15) is 50.7 Å². The van der Waals surface area contributed by atoms with Crippen LogP contribution >= 0.6 is 11.3 Å². The van der Waals surface area contributed by atoms with Gasteiger partial charge in [0, 0.05) is 56.2 Å². The highest BCUT2D eigenvalue weighted by molar-refractivity contribution is 7.12. The molecule has 0 aliphatic carbocycles. The number of amides is 3. The van der Waals surface area contributed by atoms with E-state index in [0.29, 0.717) is 67.4 Å². The smallest absolute Gasteiger partial charge is 0.265 e. The first-order valence-corrected chi connectivity index (χ1v) is 13.4. The zero-order valence-corrected chi connectivity index (χ0v) is 21.9. The summed E-state index contributed by atoms with van der Waals surface area (Å²) in [7, 11) is 0. The SMILES string of the molecule is CCN(CC)C(=O)c1cc(NC(=O)c2cccs2)ccc1N1CCCN(C(=O)c2cccc(F)c2)CC1. The van der Waals surface area contributed by atoms with Crippen molar-refractivity contribution in [3.63, 3.8) is 0 Å². The molecule has 3 aromatic rings. The Balaban J connectivity index is 1.57. The molecule has 1 aromatic heterocycles. The van der Waals surface area contributed by atoms with Crippen LogP contribution in [0.15, 0.2) is 60.0 Å². The number of rotatable bonds is 7. The second-order valence-corrected chi connectivity index (χ2v) is 9.73. The number of nitrogens with one attached hydrogen (secondary N) is 1. The summed E-state index contributed by atoms with van der Waals surface area (Å²) in [6, 6.07) is 14.7. The van der Waals surface area contributed by atoms with Crippen molar-refractivity contribution in [2.24, 2.45) is 0 Å². The summed E-state index contributed by atoms with van der Waals surface area (Å²) in [5.41, 5.74) is 2.16. The van der Waals surface area contributed by atoms with Crippen molar-refractivity contribution in [1.29, 1.82) is 0 Å². The van der Waals surface area contributed by atoms with Gasteiger partial charge in [-0.2, -0.15) is 0 Å². The fraction of sp³-hybridized carbons (Fsp3) is 0.321. The lowest BCUT2D eigenvalue weighted by Gasteiger charge is -2.28. The molecule has 9 heteroatoms. The molecule has 37 heavy (non-hydrogen) atoms. The summed E-state index contributed by atoms with van der Waals surface area (Å²) in [5.74, 6) is -0.963. The zero-order chi connectivity index (χ0) is 26.4. The Kier molecular flexibility index (Phi) is 8.55. The van der Waals surface area contributed by atoms with Gasteiger partial charge in [-0.1, -0.05) is 12.1 Å². The Labute approximate surface area is 220 Å². The molecule has 0 unspecified atom stereocenters. The summed E-state index contributed by atoms with van der Waals surface area (Å²) in [6.45, 7) is 7.18. The predicted molar refractivity (Wildman–Crippen MR) is 145 cm³/mol. The lowest BCUT2D eigenvalue weighted by atomic mass is 10.1. The molecule has 1 N–H and O–H groups in total. The molecule has 1 aliphatic rings. The van der Waals surface area contributed by atoms with Gasteiger partial charge in [0.2, 0.25) is 0 Å². The summed E-state index contributed by atoms with van der Waals surface area (Å²) in [6.07, 6.45) is 0.705. The Bertz CT molecular complexity index is 1260. The molecule has 7 nitrogen and oxygen atoms in total. The molecule has 0 radical (unpaired) electrons. The van der Waals surface area contributed by atoms with Crippen molar-refractivity contribution in [1.82, 2.24) is 9.80 Å². The Hall–Kier alpha value is -3.72. The van der Waals surface area contributed by atoms with Gasteiger partial charge in [0.1, 0.15) is 5.82 Å². The van der Waals surface area contributed by atoms with Crippen molar-refractivity contribution in [2.75, 3.05) is 49.5 Å². The van der Waals surface area contributed by atoms with E-state index in [9.17, 15) is 18.8 Å². The first-order valence-electron chi connectivity index (χ1n) is 12.5. The fourth-order valence-corrected chi connectivity index (χ4v) is 5.13. The van der Waals surface area contributed by atoms with Gasteiger partial charge in [0.15, 0.2) is 0 Å². The van der Waals surface area contributed by atoms with Crippen molar-refractivity contribution < 1.29 is 18.8 Å². The maximum absolute atomic E-state index is 13.7. The Morgan fingerprint density at radius 3 is 2.49 bits per heavy atom. The number of carbonyl (C=O) groups is 3. The third kappa shape index (κ3) is 6.17. The minimum atomic E-state index is -0.437. The number of benzene rings is 2. The highest BCUT2D eigenvalue weighted by atomic mass is 32.1. The molecule has 0 spiro atoms. The molecule has 3 amide bonds. The first kappa shape index (κ1) is 26.3. The molecular weight excluding hydrogens is 491 g/mol. The van der Waals surface area contributed by atoms with Gasteiger partial charge in [-0.15, -0.1) is 11.3 Å². The number of hydrogen-bond acceptors (Lipinski definition) is 5. The number of nitrogens with zero attached hydrogens (tertiary/aromatic N) is 3. The lowest BCUT2D eigenvalue weighted by Crippen LogP contribution is -2.36. The van der Waals surface area contributed by atoms with Crippen molar-refractivity contribution in [3.8, 4) is 0 Å². The first-order chi connectivity index (χ1) is 17.9. The molecule has 2 aromatic carbocycles. The average molecular weight is 523 g/mol. The molecule has 1 fully saturated rings. The highest BCUT2D eigenvalue weighted by Gasteiger charge is 2.25. The van der Waals surface area contributed by atoms with Gasteiger partial charge in [0.05, 0.1) is 10.4 Å². The van der Waals surface area contributed by atoms with Crippen LogP contribution in [0.4, 0.5) is 15.8 Å². The number of halogens is 1. The number of hydrogen-bond donors (Lipinski definition) is 1. The van der Waals surface area contributed by atoms with Gasteiger partial charge >= 0.3 is 0 Å². The van der Waals surface area contributed by atoms with Crippen molar-refractivity contribution in [2.45, 2.75) is 20.3 Å². The van der Waals surface area contributed by atoms with E-state index in [4.69, 9.17) is 0 Å². The molecule has 0 saturated carbocycles. The van der Waals surface area contributed by atoms with E-state index in [2.05, 4.69) is 10.2 Å². The number of carbonyl (C=O) groups excluding carboxylic acids is 3. The molecule has 0 bridgehead atoms.